The fourth-order valence-electron chi connectivity index (χ4n) is 2.38. The van der Waals surface area contributed by atoms with Gasteiger partial charge in [0.15, 0.2) is 0 Å². The number of hydrogen-bond acceptors (Lipinski definition) is 6. The van der Waals surface area contributed by atoms with Crippen LogP contribution >= 0.6 is 11.6 Å². The zero-order valence-corrected chi connectivity index (χ0v) is 13.9. The topological polar surface area (TPSA) is 57.2 Å². The molecule has 21 heavy (non-hydrogen) atoms. The summed E-state index contributed by atoms with van der Waals surface area (Å²) in [5.41, 5.74) is 0. The lowest BCUT2D eigenvalue weighted by molar-refractivity contribution is 0.390. The molecule has 0 bridgehead atoms. The van der Waals surface area contributed by atoms with Gasteiger partial charge in [-0.05, 0) is 64.8 Å². The quantitative estimate of drug-likeness (QED) is 0.869. The number of halogens is 1. The van der Waals surface area contributed by atoms with Gasteiger partial charge in [-0.25, -0.2) is 0 Å². The summed E-state index contributed by atoms with van der Waals surface area (Å²) in [5, 5.41) is 3.57. The maximum absolute atomic E-state index is 6.04. The average molecular weight is 313 g/mol. The Balaban J connectivity index is 2.00. The zero-order valence-electron chi connectivity index (χ0n) is 13.1. The number of nitrogens with one attached hydrogen (secondary N) is 1. The molecule has 7 heteroatoms. The molecule has 0 aliphatic carbocycles. The Labute approximate surface area is 131 Å². The van der Waals surface area contributed by atoms with Crippen molar-refractivity contribution in [3.05, 3.63) is 5.28 Å². The van der Waals surface area contributed by atoms with E-state index in [1.807, 2.05) is 0 Å². The van der Waals surface area contributed by atoms with Crippen LogP contribution in [0, 0.1) is 0 Å². The van der Waals surface area contributed by atoms with E-state index in [0.717, 1.165) is 26.1 Å². The van der Waals surface area contributed by atoms with Crippen LogP contribution in [0.15, 0.2) is 0 Å². The predicted octanol–water partition coefficient (Wildman–Crippen LogP) is 2.27. The van der Waals surface area contributed by atoms with Crippen molar-refractivity contribution < 1.29 is 0 Å². The van der Waals surface area contributed by atoms with Crippen molar-refractivity contribution in [2.75, 3.05) is 43.9 Å². The maximum atomic E-state index is 6.04. The first kappa shape index (κ1) is 16.2. The Morgan fingerprint density at radius 3 is 2.57 bits per heavy atom. The summed E-state index contributed by atoms with van der Waals surface area (Å²) < 4.78 is 0. The van der Waals surface area contributed by atoms with Crippen LogP contribution in [-0.4, -0.2) is 59.6 Å². The van der Waals surface area contributed by atoms with E-state index in [0.29, 0.717) is 17.9 Å². The number of nitrogens with zero attached hydrogens (tertiary/aromatic N) is 5. The summed E-state index contributed by atoms with van der Waals surface area (Å²) in [5.74, 6) is 1.26. The van der Waals surface area contributed by atoms with Crippen LogP contribution in [-0.2, 0) is 0 Å². The van der Waals surface area contributed by atoms with E-state index in [9.17, 15) is 0 Å². The Kier molecular flexibility index (Phi) is 5.99. The minimum absolute atomic E-state index is 0.257. The molecule has 1 aliphatic rings. The SMILES string of the molecule is CC(CCN(C)C)Nc1nc(Cl)nc(N2CCCCC2)n1. The standard InChI is InChI=1S/C14H25ClN6/c1-11(7-10-20(2)3)16-13-17-12(15)18-14(19-13)21-8-5-4-6-9-21/h11H,4-10H2,1-3H3,(H,16,17,18,19). The molecule has 0 saturated carbocycles. The molecule has 0 spiro atoms. The number of rotatable bonds is 6. The molecule has 2 heterocycles. The van der Waals surface area contributed by atoms with Crippen molar-refractivity contribution in [1.82, 2.24) is 19.9 Å². The fourth-order valence-corrected chi connectivity index (χ4v) is 2.54. The van der Waals surface area contributed by atoms with Crippen LogP contribution < -0.4 is 10.2 Å². The second kappa shape index (κ2) is 7.75. The van der Waals surface area contributed by atoms with Crippen molar-refractivity contribution >= 4 is 23.5 Å². The summed E-state index contributed by atoms with van der Waals surface area (Å²) in [6.07, 6.45) is 4.67. The smallest absolute Gasteiger partial charge is 0.231 e. The van der Waals surface area contributed by atoms with Gasteiger partial charge in [0.2, 0.25) is 17.2 Å². The van der Waals surface area contributed by atoms with Gasteiger partial charge < -0.3 is 15.1 Å². The van der Waals surface area contributed by atoms with Crippen molar-refractivity contribution in [2.45, 2.75) is 38.6 Å². The summed E-state index contributed by atoms with van der Waals surface area (Å²) >= 11 is 6.04. The van der Waals surface area contributed by atoms with Crippen LogP contribution in [0.3, 0.4) is 0 Å². The predicted molar refractivity (Wildman–Crippen MR) is 87.2 cm³/mol. The molecule has 6 nitrogen and oxygen atoms in total. The lowest BCUT2D eigenvalue weighted by atomic mass is 10.1. The van der Waals surface area contributed by atoms with Crippen molar-refractivity contribution in [3.8, 4) is 0 Å². The van der Waals surface area contributed by atoms with E-state index < -0.39 is 0 Å². The molecule has 1 N–H and O–H groups in total. The highest BCUT2D eigenvalue weighted by atomic mass is 35.5. The second-order valence-corrected chi connectivity index (χ2v) is 6.25. The van der Waals surface area contributed by atoms with Crippen molar-refractivity contribution in [3.63, 3.8) is 0 Å². The Morgan fingerprint density at radius 1 is 1.19 bits per heavy atom. The average Bonchev–Trinajstić information content (AvgIpc) is 2.45. The van der Waals surface area contributed by atoms with E-state index in [1.165, 1.54) is 19.3 Å². The van der Waals surface area contributed by atoms with Gasteiger partial charge in [0.05, 0.1) is 0 Å². The van der Waals surface area contributed by atoms with E-state index in [4.69, 9.17) is 11.6 Å². The van der Waals surface area contributed by atoms with Gasteiger partial charge in [0, 0.05) is 19.1 Å². The van der Waals surface area contributed by atoms with Crippen molar-refractivity contribution in [1.29, 1.82) is 0 Å². The highest BCUT2D eigenvalue weighted by molar-refractivity contribution is 6.28. The van der Waals surface area contributed by atoms with Gasteiger partial charge in [-0.1, -0.05) is 0 Å². The molecule has 0 radical (unpaired) electrons. The fraction of sp³-hybridized carbons (Fsp3) is 0.786. The minimum Gasteiger partial charge on any atom is -0.352 e. The van der Waals surface area contributed by atoms with Crippen LogP contribution in [0.25, 0.3) is 0 Å². The second-order valence-electron chi connectivity index (χ2n) is 5.91. The first-order valence-corrected chi connectivity index (χ1v) is 8.00. The molecule has 1 aromatic rings. The van der Waals surface area contributed by atoms with Crippen LogP contribution in [0.5, 0.6) is 0 Å². The molecular weight excluding hydrogens is 288 g/mol. The molecule has 2 rings (SSSR count). The highest BCUT2D eigenvalue weighted by Crippen LogP contribution is 2.19. The summed E-state index contributed by atoms with van der Waals surface area (Å²) in [6.45, 7) is 5.14. The van der Waals surface area contributed by atoms with Crippen LogP contribution in [0.1, 0.15) is 32.6 Å². The third-order valence-corrected chi connectivity index (χ3v) is 3.79. The van der Waals surface area contributed by atoms with Crippen LogP contribution in [0.4, 0.5) is 11.9 Å². The summed E-state index contributed by atoms with van der Waals surface area (Å²) in [7, 11) is 4.14. The minimum atomic E-state index is 0.257. The van der Waals surface area contributed by atoms with Gasteiger partial charge in [0.1, 0.15) is 0 Å². The molecule has 1 atom stereocenters. The monoisotopic (exact) mass is 312 g/mol. The first-order valence-electron chi connectivity index (χ1n) is 7.62. The van der Waals surface area contributed by atoms with Gasteiger partial charge in [0.25, 0.3) is 0 Å². The number of hydrogen-bond donors (Lipinski definition) is 1. The molecular formula is C14H25ClN6. The molecule has 118 valence electrons. The molecule has 1 aromatic heterocycles. The van der Waals surface area contributed by atoms with Crippen LogP contribution in [0.2, 0.25) is 5.28 Å². The molecule has 0 aromatic carbocycles. The Morgan fingerprint density at radius 2 is 1.90 bits per heavy atom. The lowest BCUT2D eigenvalue weighted by Crippen LogP contribution is -2.31. The van der Waals surface area contributed by atoms with E-state index in [1.54, 1.807) is 0 Å². The van der Waals surface area contributed by atoms with E-state index >= 15 is 0 Å². The molecule has 1 saturated heterocycles. The first-order chi connectivity index (χ1) is 10.0. The Hall–Kier alpha value is -1.14. The maximum Gasteiger partial charge on any atom is 0.231 e. The lowest BCUT2D eigenvalue weighted by Gasteiger charge is -2.27. The summed E-state index contributed by atoms with van der Waals surface area (Å²) in [4.78, 5) is 17.3. The largest absolute Gasteiger partial charge is 0.352 e. The van der Waals surface area contributed by atoms with Gasteiger partial charge in [-0.15, -0.1) is 0 Å². The van der Waals surface area contributed by atoms with Gasteiger partial charge in [-0.3, -0.25) is 0 Å². The van der Waals surface area contributed by atoms with E-state index in [-0.39, 0.29) is 5.28 Å². The molecule has 1 fully saturated rings. The third kappa shape index (κ3) is 5.28. The zero-order chi connectivity index (χ0) is 15.2. The van der Waals surface area contributed by atoms with Crippen molar-refractivity contribution in [2.24, 2.45) is 0 Å². The summed E-state index contributed by atoms with van der Waals surface area (Å²) in [6, 6.07) is 0.292. The third-order valence-electron chi connectivity index (χ3n) is 3.62. The number of anilines is 2. The van der Waals surface area contributed by atoms with Gasteiger partial charge in [-0.2, -0.15) is 15.0 Å². The normalized spacial score (nSPS) is 17.1. The number of piperidine rings is 1. The molecule has 0 amide bonds. The molecule has 1 unspecified atom stereocenters. The van der Waals surface area contributed by atoms with E-state index in [2.05, 4.69) is 51.1 Å². The van der Waals surface area contributed by atoms with Gasteiger partial charge >= 0.3 is 0 Å². The highest BCUT2D eigenvalue weighted by Gasteiger charge is 2.16. The number of aromatic nitrogens is 3. The Bertz CT molecular complexity index is 447. The molecule has 1 aliphatic heterocycles.